The number of fused-ring (bicyclic) bond motifs is 1. The Morgan fingerprint density at radius 3 is 3.05 bits per heavy atom. The van der Waals surface area contributed by atoms with Crippen molar-refractivity contribution >= 4 is 55.7 Å². The molecule has 0 saturated carbocycles. The number of hydrogen-bond acceptors (Lipinski definition) is 5. The van der Waals surface area contributed by atoms with Crippen molar-refractivity contribution in [2.75, 3.05) is 11.9 Å². The van der Waals surface area contributed by atoms with Crippen molar-refractivity contribution in [3.63, 3.8) is 0 Å². The summed E-state index contributed by atoms with van der Waals surface area (Å²) in [5, 5.41) is 9.97. The summed E-state index contributed by atoms with van der Waals surface area (Å²) in [7, 11) is 1.97. The van der Waals surface area contributed by atoms with Gasteiger partial charge in [0, 0.05) is 13.6 Å². The third kappa shape index (κ3) is 2.58. The summed E-state index contributed by atoms with van der Waals surface area (Å²) in [6, 6.07) is 2.09. The minimum Gasteiger partial charge on any atom is -0.355 e. The molecule has 3 heterocycles. The molecule has 5 nitrogen and oxygen atoms in total. The number of aromatic nitrogens is 4. The zero-order chi connectivity index (χ0) is 13.4. The van der Waals surface area contributed by atoms with Gasteiger partial charge in [-0.15, -0.1) is 11.3 Å². The second kappa shape index (κ2) is 5.07. The van der Waals surface area contributed by atoms with Gasteiger partial charge in [0.05, 0.1) is 15.4 Å². The smallest absolute Gasteiger partial charge is 0.226 e. The lowest BCUT2D eigenvalue weighted by Gasteiger charge is -2.18. The van der Waals surface area contributed by atoms with Crippen LogP contribution in [-0.4, -0.2) is 27.2 Å². The topological polar surface area (TPSA) is 57.7 Å². The van der Waals surface area contributed by atoms with E-state index in [1.807, 2.05) is 11.9 Å². The first-order chi connectivity index (χ1) is 9.13. The van der Waals surface area contributed by atoms with Crippen LogP contribution in [0.25, 0.3) is 11.0 Å². The van der Waals surface area contributed by atoms with Gasteiger partial charge in [0.25, 0.3) is 0 Å². The molecule has 0 spiro atoms. The minimum absolute atomic E-state index is 0.213. The van der Waals surface area contributed by atoms with Crippen molar-refractivity contribution < 1.29 is 0 Å². The number of aromatic amines is 1. The molecule has 0 aliphatic heterocycles. The van der Waals surface area contributed by atoms with E-state index in [-0.39, 0.29) is 5.28 Å². The van der Waals surface area contributed by atoms with Gasteiger partial charge < -0.3 is 4.90 Å². The lowest BCUT2D eigenvalue weighted by molar-refractivity contribution is 0.904. The molecular weight excluding hydrogens is 350 g/mol. The number of rotatable bonds is 3. The van der Waals surface area contributed by atoms with Crippen molar-refractivity contribution in [2.24, 2.45) is 0 Å². The normalized spacial score (nSPS) is 11.1. The number of hydrogen-bond donors (Lipinski definition) is 1. The Kier molecular flexibility index (Phi) is 3.42. The highest BCUT2D eigenvalue weighted by Gasteiger charge is 2.13. The van der Waals surface area contributed by atoms with E-state index in [1.165, 1.54) is 5.56 Å². The molecule has 1 N–H and O–H groups in total. The van der Waals surface area contributed by atoms with Gasteiger partial charge in [0.2, 0.25) is 5.28 Å². The van der Waals surface area contributed by atoms with Gasteiger partial charge in [-0.3, -0.25) is 5.10 Å². The Hall–Kier alpha value is -1.18. The van der Waals surface area contributed by atoms with Gasteiger partial charge in [-0.1, -0.05) is 0 Å². The van der Waals surface area contributed by atoms with Crippen molar-refractivity contribution in [3.8, 4) is 0 Å². The van der Waals surface area contributed by atoms with Gasteiger partial charge in [-0.2, -0.15) is 15.1 Å². The fraction of sp³-hybridized carbons (Fsp3) is 0.182. The Balaban J connectivity index is 1.96. The lowest BCUT2D eigenvalue weighted by atomic mass is 10.3. The number of thiophene rings is 1. The number of halogens is 2. The summed E-state index contributed by atoms with van der Waals surface area (Å²) >= 11 is 11.1. The maximum Gasteiger partial charge on any atom is 0.226 e. The van der Waals surface area contributed by atoms with Gasteiger partial charge in [-0.05, 0) is 44.5 Å². The molecule has 0 aromatic carbocycles. The van der Waals surface area contributed by atoms with Crippen molar-refractivity contribution in [3.05, 3.63) is 32.3 Å². The molecule has 8 heteroatoms. The van der Waals surface area contributed by atoms with E-state index in [0.29, 0.717) is 5.65 Å². The Morgan fingerprint density at radius 1 is 1.47 bits per heavy atom. The first-order valence-electron chi connectivity index (χ1n) is 5.44. The van der Waals surface area contributed by atoms with Gasteiger partial charge >= 0.3 is 0 Å². The van der Waals surface area contributed by atoms with Crippen LogP contribution in [0.15, 0.2) is 21.4 Å². The van der Waals surface area contributed by atoms with Gasteiger partial charge in [0.1, 0.15) is 5.82 Å². The highest BCUT2D eigenvalue weighted by Crippen LogP contribution is 2.26. The third-order valence-corrected chi connectivity index (χ3v) is 4.39. The molecule has 0 saturated heterocycles. The predicted octanol–water partition coefficient (Wildman–Crippen LogP) is 3.47. The van der Waals surface area contributed by atoms with Gasteiger partial charge in [-0.25, -0.2) is 0 Å². The van der Waals surface area contributed by atoms with E-state index in [4.69, 9.17) is 11.6 Å². The Bertz CT molecular complexity index is 725. The van der Waals surface area contributed by atoms with Crippen LogP contribution in [0.3, 0.4) is 0 Å². The van der Waals surface area contributed by atoms with Crippen LogP contribution in [0.2, 0.25) is 5.28 Å². The van der Waals surface area contributed by atoms with E-state index < -0.39 is 0 Å². The summed E-state index contributed by atoms with van der Waals surface area (Å²) < 4.78 is 1.12. The highest BCUT2D eigenvalue weighted by atomic mass is 79.9. The van der Waals surface area contributed by atoms with Crippen LogP contribution >= 0.6 is 38.9 Å². The molecule has 0 aliphatic rings. The molecule has 3 rings (SSSR count). The fourth-order valence-corrected chi connectivity index (χ4v) is 3.23. The molecule has 0 fully saturated rings. The second-order valence-corrected chi connectivity index (χ2v) is 6.69. The average Bonchev–Trinajstić information content (AvgIpc) is 2.96. The molecule has 0 bridgehead atoms. The van der Waals surface area contributed by atoms with Crippen LogP contribution in [0.4, 0.5) is 5.82 Å². The zero-order valence-electron chi connectivity index (χ0n) is 9.89. The zero-order valence-corrected chi connectivity index (χ0v) is 13.1. The summed E-state index contributed by atoms with van der Waals surface area (Å²) in [4.78, 5) is 10.4. The number of anilines is 1. The molecular formula is C11H9BrClN5S. The maximum absolute atomic E-state index is 5.93. The van der Waals surface area contributed by atoms with Crippen LogP contribution in [0, 0.1) is 0 Å². The number of H-pyrrole nitrogens is 1. The maximum atomic E-state index is 5.93. The van der Waals surface area contributed by atoms with E-state index in [9.17, 15) is 0 Å². The molecule has 19 heavy (non-hydrogen) atoms. The first kappa shape index (κ1) is 12.8. The van der Waals surface area contributed by atoms with Crippen molar-refractivity contribution in [2.45, 2.75) is 6.54 Å². The number of nitrogens with zero attached hydrogens (tertiary/aromatic N) is 4. The largest absolute Gasteiger partial charge is 0.355 e. The SMILES string of the molecule is CN(Cc1csc(Br)c1)c1nc(Cl)nc2[nH]ncc12. The molecule has 3 aromatic rings. The molecule has 0 radical (unpaired) electrons. The Labute approximate surface area is 126 Å². The molecule has 98 valence electrons. The second-order valence-electron chi connectivity index (χ2n) is 4.06. The average molecular weight is 359 g/mol. The number of nitrogens with one attached hydrogen (secondary N) is 1. The van der Waals surface area contributed by atoms with Crippen LogP contribution < -0.4 is 4.90 Å². The fourth-order valence-electron chi connectivity index (χ4n) is 1.86. The summed E-state index contributed by atoms with van der Waals surface area (Å²) in [5.41, 5.74) is 1.86. The van der Waals surface area contributed by atoms with E-state index in [1.54, 1.807) is 17.5 Å². The Morgan fingerprint density at radius 2 is 2.32 bits per heavy atom. The third-order valence-electron chi connectivity index (χ3n) is 2.67. The van der Waals surface area contributed by atoms with Crippen molar-refractivity contribution in [1.29, 1.82) is 0 Å². The monoisotopic (exact) mass is 357 g/mol. The highest BCUT2D eigenvalue weighted by molar-refractivity contribution is 9.11. The quantitative estimate of drug-likeness (QED) is 0.728. The summed E-state index contributed by atoms with van der Waals surface area (Å²) in [6.07, 6.45) is 1.71. The van der Waals surface area contributed by atoms with E-state index in [0.717, 1.165) is 21.5 Å². The molecule has 0 unspecified atom stereocenters. The van der Waals surface area contributed by atoms with Crippen LogP contribution in [-0.2, 0) is 6.54 Å². The molecule has 0 aliphatic carbocycles. The van der Waals surface area contributed by atoms with Gasteiger partial charge in [0.15, 0.2) is 5.65 Å². The molecule has 3 aromatic heterocycles. The van der Waals surface area contributed by atoms with E-state index >= 15 is 0 Å². The predicted molar refractivity (Wildman–Crippen MR) is 80.8 cm³/mol. The molecule has 0 amide bonds. The minimum atomic E-state index is 0.213. The standard InChI is InChI=1S/C11H9BrClN5S/c1-18(4-6-2-8(12)19-5-6)10-7-3-14-17-9(7)15-11(13)16-10/h2-3,5H,4H2,1H3,(H,14,15,16,17). The lowest BCUT2D eigenvalue weighted by Crippen LogP contribution is -2.17. The summed E-state index contributed by atoms with van der Waals surface area (Å²) in [6.45, 7) is 0.746. The van der Waals surface area contributed by atoms with E-state index in [2.05, 4.69) is 47.5 Å². The van der Waals surface area contributed by atoms with Crippen LogP contribution in [0.1, 0.15) is 5.56 Å². The molecule has 0 atom stereocenters. The van der Waals surface area contributed by atoms with Crippen LogP contribution in [0.5, 0.6) is 0 Å². The first-order valence-corrected chi connectivity index (χ1v) is 7.49. The van der Waals surface area contributed by atoms with Crippen molar-refractivity contribution in [1.82, 2.24) is 20.2 Å². The summed E-state index contributed by atoms with van der Waals surface area (Å²) in [5.74, 6) is 0.770.